The highest BCUT2D eigenvalue weighted by atomic mass is 16.1. The van der Waals surface area contributed by atoms with Gasteiger partial charge in [0.2, 0.25) is 0 Å². The molecule has 1 atom stereocenters. The molecule has 1 aromatic rings. The van der Waals surface area contributed by atoms with Crippen LogP contribution in [-0.4, -0.2) is 24.0 Å². The van der Waals surface area contributed by atoms with Gasteiger partial charge in [-0.15, -0.1) is 0 Å². The van der Waals surface area contributed by atoms with Crippen LogP contribution in [0.2, 0.25) is 0 Å². The summed E-state index contributed by atoms with van der Waals surface area (Å²) in [6.07, 6.45) is 3.54. The number of amides is 1. The van der Waals surface area contributed by atoms with Gasteiger partial charge in [0.25, 0.3) is 5.91 Å². The molecule has 1 aliphatic heterocycles. The summed E-state index contributed by atoms with van der Waals surface area (Å²) in [5.41, 5.74) is 8.04. The maximum atomic E-state index is 11.6. The zero-order chi connectivity index (χ0) is 14.0. The summed E-state index contributed by atoms with van der Waals surface area (Å²) in [7, 11) is 0. The van der Waals surface area contributed by atoms with Crippen LogP contribution in [0.25, 0.3) is 0 Å². The van der Waals surface area contributed by atoms with Crippen molar-refractivity contribution in [2.45, 2.75) is 40.0 Å². The third-order valence-corrected chi connectivity index (χ3v) is 4.03. The number of aromatic nitrogens is 1. The monoisotopic (exact) mass is 261 g/mol. The number of hydrogen-bond donors (Lipinski definition) is 1. The molecule has 4 heteroatoms. The van der Waals surface area contributed by atoms with Crippen molar-refractivity contribution in [2.24, 2.45) is 11.7 Å². The standard InChI is InChI=1S/C15H23N3O/c1-10-5-4-7-18(8-6-10)15-13(14(16)19)9-11(2)12(3)17-15/h9-10H,4-8H2,1-3H3,(H2,16,19). The van der Waals surface area contributed by atoms with Gasteiger partial charge >= 0.3 is 0 Å². The minimum atomic E-state index is -0.386. The largest absolute Gasteiger partial charge is 0.365 e. The molecule has 2 heterocycles. The second-order valence-corrected chi connectivity index (χ2v) is 5.65. The quantitative estimate of drug-likeness (QED) is 0.889. The van der Waals surface area contributed by atoms with Crippen molar-refractivity contribution in [3.05, 3.63) is 22.9 Å². The molecule has 0 aliphatic carbocycles. The molecular formula is C15H23N3O. The molecule has 0 radical (unpaired) electrons. The zero-order valence-corrected chi connectivity index (χ0v) is 12.1. The number of primary amides is 1. The Labute approximate surface area is 115 Å². The topological polar surface area (TPSA) is 59.2 Å². The van der Waals surface area contributed by atoms with Gasteiger partial charge in [0.05, 0.1) is 5.56 Å². The van der Waals surface area contributed by atoms with E-state index in [-0.39, 0.29) is 5.91 Å². The molecule has 19 heavy (non-hydrogen) atoms. The second-order valence-electron chi connectivity index (χ2n) is 5.65. The lowest BCUT2D eigenvalue weighted by molar-refractivity contribution is 0.100. The van der Waals surface area contributed by atoms with Crippen molar-refractivity contribution in [3.8, 4) is 0 Å². The summed E-state index contributed by atoms with van der Waals surface area (Å²) in [6.45, 7) is 8.14. The lowest BCUT2D eigenvalue weighted by Gasteiger charge is -2.24. The summed E-state index contributed by atoms with van der Waals surface area (Å²) >= 11 is 0. The van der Waals surface area contributed by atoms with E-state index in [0.29, 0.717) is 5.56 Å². The van der Waals surface area contributed by atoms with Gasteiger partial charge in [-0.25, -0.2) is 4.98 Å². The van der Waals surface area contributed by atoms with Crippen LogP contribution in [0.3, 0.4) is 0 Å². The van der Waals surface area contributed by atoms with Crippen LogP contribution in [-0.2, 0) is 0 Å². The first-order valence-corrected chi connectivity index (χ1v) is 7.02. The van der Waals surface area contributed by atoms with Crippen LogP contribution < -0.4 is 10.6 Å². The van der Waals surface area contributed by atoms with Crippen LogP contribution in [0.15, 0.2) is 6.07 Å². The van der Waals surface area contributed by atoms with E-state index >= 15 is 0 Å². The number of nitrogens with zero attached hydrogens (tertiary/aromatic N) is 2. The molecule has 104 valence electrons. The van der Waals surface area contributed by atoms with E-state index in [1.807, 2.05) is 19.9 Å². The first-order valence-electron chi connectivity index (χ1n) is 7.02. The Morgan fingerprint density at radius 3 is 2.79 bits per heavy atom. The number of carbonyl (C=O) groups is 1. The van der Waals surface area contributed by atoms with Crippen molar-refractivity contribution < 1.29 is 4.79 Å². The third-order valence-electron chi connectivity index (χ3n) is 4.03. The van der Waals surface area contributed by atoms with E-state index in [9.17, 15) is 4.79 Å². The van der Waals surface area contributed by atoms with Gasteiger partial charge in [0.15, 0.2) is 0 Å². The SMILES string of the molecule is Cc1cc(C(N)=O)c(N2CCCC(C)CC2)nc1C. The van der Waals surface area contributed by atoms with Crippen molar-refractivity contribution in [3.63, 3.8) is 0 Å². The summed E-state index contributed by atoms with van der Waals surface area (Å²) in [4.78, 5) is 18.5. The van der Waals surface area contributed by atoms with E-state index in [1.165, 1.54) is 6.42 Å². The Morgan fingerprint density at radius 2 is 2.11 bits per heavy atom. The van der Waals surface area contributed by atoms with Gasteiger partial charge in [-0.3, -0.25) is 4.79 Å². The summed E-state index contributed by atoms with van der Waals surface area (Å²) in [5.74, 6) is 1.13. The Morgan fingerprint density at radius 1 is 1.37 bits per heavy atom. The third kappa shape index (κ3) is 3.06. The molecule has 0 aromatic carbocycles. The fourth-order valence-electron chi connectivity index (χ4n) is 2.59. The fourth-order valence-corrected chi connectivity index (χ4v) is 2.59. The maximum absolute atomic E-state index is 11.6. The van der Waals surface area contributed by atoms with Gasteiger partial charge in [0.1, 0.15) is 5.82 Å². The number of anilines is 1. The molecule has 1 fully saturated rings. The highest BCUT2D eigenvalue weighted by Gasteiger charge is 2.20. The molecule has 1 aliphatic rings. The Hall–Kier alpha value is -1.58. The summed E-state index contributed by atoms with van der Waals surface area (Å²) < 4.78 is 0. The van der Waals surface area contributed by atoms with Crippen LogP contribution in [0, 0.1) is 19.8 Å². The lowest BCUT2D eigenvalue weighted by Crippen LogP contribution is -2.29. The van der Waals surface area contributed by atoms with Crippen molar-refractivity contribution >= 4 is 11.7 Å². The smallest absolute Gasteiger partial charge is 0.252 e. The van der Waals surface area contributed by atoms with Gasteiger partial charge in [0, 0.05) is 18.8 Å². The summed E-state index contributed by atoms with van der Waals surface area (Å²) in [5, 5.41) is 0. The minimum Gasteiger partial charge on any atom is -0.365 e. The normalized spacial score (nSPS) is 20.2. The molecule has 0 bridgehead atoms. The van der Waals surface area contributed by atoms with E-state index in [1.54, 1.807) is 0 Å². The molecular weight excluding hydrogens is 238 g/mol. The van der Waals surface area contributed by atoms with Gasteiger partial charge in [-0.2, -0.15) is 0 Å². The predicted molar refractivity (Wildman–Crippen MR) is 77.5 cm³/mol. The van der Waals surface area contributed by atoms with Crippen molar-refractivity contribution in [1.82, 2.24) is 4.98 Å². The molecule has 1 aromatic heterocycles. The number of nitrogens with two attached hydrogens (primary N) is 1. The van der Waals surface area contributed by atoms with Gasteiger partial charge in [-0.1, -0.05) is 6.92 Å². The Bertz CT molecular complexity index is 485. The first kappa shape index (κ1) is 13.8. The molecule has 0 spiro atoms. The van der Waals surface area contributed by atoms with Crippen molar-refractivity contribution in [2.75, 3.05) is 18.0 Å². The lowest BCUT2D eigenvalue weighted by atomic mass is 10.0. The molecule has 0 saturated carbocycles. The Balaban J connectivity index is 2.37. The maximum Gasteiger partial charge on any atom is 0.252 e. The van der Waals surface area contributed by atoms with E-state index in [2.05, 4.69) is 16.8 Å². The average Bonchev–Trinajstić information content (AvgIpc) is 2.57. The number of aryl methyl sites for hydroxylation is 2. The summed E-state index contributed by atoms with van der Waals surface area (Å²) in [6, 6.07) is 1.87. The first-order chi connectivity index (χ1) is 8.99. The van der Waals surface area contributed by atoms with Gasteiger partial charge in [-0.05, 0) is 50.7 Å². The van der Waals surface area contributed by atoms with Crippen molar-refractivity contribution in [1.29, 1.82) is 0 Å². The highest BCUT2D eigenvalue weighted by Crippen LogP contribution is 2.25. The zero-order valence-electron chi connectivity index (χ0n) is 12.1. The molecule has 1 amide bonds. The Kier molecular flexibility index (Phi) is 4.08. The predicted octanol–water partition coefficient (Wildman–Crippen LogP) is 2.42. The van der Waals surface area contributed by atoms with Gasteiger partial charge < -0.3 is 10.6 Å². The van der Waals surface area contributed by atoms with E-state index < -0.39 is 0 Å². The molecule has 1 unspecified atom stereocenters. The molecule has 2 rings (SSSR count). The highest BCUT2D eigenvalue weighted by molar-refractivity contribution is 5.98. The molecule has 2 N–H and O–H groups in total. The number of hydrogen-bond acceptors (Lipinski definition) is 3. The number of rotatable bonds is 2. The fraction of sp³-hybridized carbons (Fsp3) is 0.600. The minimum absolute atomic E-state index is 0.386. The van der Waals surface area contributed by atoms with Crippen LogP contribution in [0.5, 0.6) is 0 Å². The average molecular weight is 261 g/mol. The molecule has 4 nitrogen and oxygen atoms in total. The van der Waals surface area contributed by atoms with Crippen LogP contribution in [0.4, 0.5) is 5.82 Å². The van der Waals surface area contributed by atoms with Crippen LogP contribution >= 0.6 is 0 Å². The van der Waals surface area contributed by atoms with Crippen LogP contribution in [0.1, 0.15) is 47.8 Å². The van der Waals surface area contributed by atoms with E-state index in [4.69, 9.17) is 5.73 Å². The second kappa shape index (κ2) is 5.59. The number of carbonyl (C=O) groups excluding carboxylic acids is 1. The molecule has 1 saturated heterocycles. The number of pyridine rings is 1. The van der Waals surface area contributed by atoms with E-state index in [0.717, 1.165) is 48.9 Å².